The first kappa shape index (κ1) is 15.2. The van der Waals surface area contributed by atoms with Crippen LogP contribution in [0.25, 0.3) is 11.0 Å². The van der Waals surface area contributed by atoms with E-state index in [1.165, 1.54) is 18.2 Å². The molecule has 4 N–H and O–H groups in total. The number of hydrogen-bond acceptors (Lipinski definition) is 6. The first-order valence-corrected chi connectivity index (χ1v) is 6.22. The summed E-state index contributed by atoms with van der Waals surface area (Å²) in [5, 5.41) is 37.2. The number of carbonyl (C=O) groups is 1. The number of fused-ring (bicyclic) bond motifs is 1. The number of carboxylic acid groups (broad SMARTS) is 1. The Hall–Kier alpha value is -2.22. The van der Waals surface area contributed by atoms with Gasteiger partial charge in [0.15, 0.2) is 5.43 Å². The molecule has 7 nitrogen and oxygen atoms in total. The molecule has 7 heteroatoms. The second-order valence-corrected chi connectivity index (χ2v) is 4.56. The second-order valence-electron chi connectivity index (χ2n) is 4.56. The summed E-state index contributed by atoms with van der Waals surface area (Å²) in [5.41, 5.74) is -0.203. The van der Waals surface area contributed by atoms with E-state index in [1.54, 1.807) is 0 Å². The molecular formula is C14H14O7. The zero-order chi connectivity index (χ0) is 15.6. The van der Waals surface area contributed by atoms with E-state index in [0.29, 0.717) is 0 Å². The summed E-state index contributed by atoms with van der Waals surface area (Å²) in [4.78, 5) is 22.7. The van der Waals surface area contributed by atoms with Gasteiger partial charge in [-0.3, -0.25) is 4.79 Å². The summed E-state index contributed by atoms with van der Waals surface area (Å²) in [6.07, 6.45) is -2.44. The van der Waals surface area contributed by atoms with E-state index in [2.05, 4.69) is 0 Å². The second kappa shape index (κ2) is 6.04. The summed E-state index contributed by atoms with van der Waals surface area (Å²) in [7, 11) is 0. The molecule has 2 aromatic rings. The Morgan fingerprint density at radius 1 is 1.24 bits per heavy atom. The molecule has 0 aliphatic rings. The Balaban J connectivity index is 2.47. The van der Waals surface area contributed by atoms with Gasteiger partial charge in [-0.25, -0.2) is 4.79 Å². The van der Waals surface area contributed by atoms with Crippen LogP contribution in [-0.2, 0) is 0 Å². The van der Waals surface area contributed by atoms with Crippen molar-refractivity contribution in [3.63, 3.8) is 0 Å². The van der Waals surface area contributed by atoms with Gasteiger partial charge in [-0.05, 0) is 24.1 Å². The maximum Gasteiger partial charge on any atom is 0.371 e. The van der Waals surface area contributed by atoms with E-state index < -0.39 is 29.4 Å². The van der Waals surface area contributed by atoms with Gasteiger partial charge >= 0.3 is 5.97 Å². The van der Waals surface area contributed by atoms with Crippen LogP contribution in [0.2, 0.25) is 0 Å². The van der Waals surface area contributed by atoms with Gasteiger partial charge < -0.3 is 24.8 Å². The Labute approximate surface area is 118 Å². The fraction of sp³-hybridized carbons (Fsp3) is 0.286. The molecule has 0 fully saturated rings. The van der Waals surface area contributed by atoms with Crippen molar-refractivity contribution in [2.75, 3.05) is 6.61 Å². The maximum atomic E-state index is 11.9. The molecular weight excluding hydrogens is 280 g/mol. The standard InChI is InChI=1S/C14H14O7/c15-4-3-9(16)13(18)7-1-2-11-8(5-7)10(17)6-12(21-11)14(19)20/h1-2,5-6,9,13,15-16,18H,3-4H2,(H,19,20). The molecule has 21 heavy (non-hydrogen) atoms. The minimum atomic E-state index is -1.35. The largest absolute Gasteiger partial charge is 0.475 e. The molecule has 0 amide bonds. The van der Waals surface area contributed by atoms with Crippen molar-refractivity contribution in [1.29, 1.82) is 0 Å². The molecule has 0 saturated heterocycles. The van der Waals surface area contributed by atoms with Crippen molar-refractivity contribution in [2.45, 2.75) is 18.6 Å². The number of rotatable bonds is 5. The molecule has 0 aliphatic heterocycles. The average molecular weight is 294 g/mol. The molecule has 1 aromatic carbocycles. The van der Waals surface area contributed by atoms with Crippen LogP contribution in [0.15, 0.2) is 33.5 Å². The highest BCUT2D eigenvalue weighted by Gasteiger charge is 2.19. The van der Waals surface area contributed by atoms with Crippen LogP contribution < -0.4 is 5.43 Å². The van der Waals surface area contributed by atoms with Crippen LogP contribution in [0.5, 0.6) is 0 Å². The van der Waals surface area contributed by atoms with E-state index in [4.69, 9.17) is 14.6 Å². The predicted molar refractivity (Wildman–Crippen MR) is 72.1 cm³/mol. The predicted octanol–water partition coefficient (Wildman–Crippen LogP) is 0.268. The van der Waals surface area contributed by atoms with Gasteiger partial charge in [0.25, 0.3) is 0 Å². The summed E-state index contributed by atoms with van der Waals surface area (Å²) < 4.78 is 5.06. The van der Waals surface area contributed by atoms with Gasteiger partial charge in [0, 0.05) is 12.7 Å². The normalized spacial score (nSPS) is 14.0. The van der Waals surface area contributed by atoms with Crippen molar-refractivity contribution < 1.29 is 29.6 Å². The maximum absolute atomic E-state index is 11.9. The minimum absolute atomic E-state index is 0.00817. The fourth-order valence-corrected chi connectivity index (χ4v) is 1.98. The molecule has 1 heterocycles. The number of carboxylic acids is 1. The third kappa shape index (κ3) is 3.10. The SMILES string of the molecule is O=C(O)c1cc(=O)c2cc(C(O)C(O)CCO)ccc2o1. The topological polar surface area (TPSA) is 128 Å². The number of aliphatic hydroxyl groups is 3. The van der Waals surface area contributed by atoms with Crippen molar-refractivity contribution in [2.24, 2.45) is 0 Å². The number of aromatic carboxylic acids is 1. The number of hydrogen-bond donors (Lipinski definition) is 4. The monoisotopic (exact) mass is 294 g/mol. The van der Waals surface area contributed by atoms with Gasteiger partial charge in [0.2, 0.25) is 5.76 Å². The molecule has 0 radical (unpaired) electrons. The zero-order valence-electron chi connectivity index (χ0n) is 10.9. The van der Waals surface area contributed by atoms with Crippen molar-refractivity contribution in [3.8, 4) is 0 Å². The van der Waals surface area contributed by atoms with E-state index in [9.17, 15) is 19.8 Å². The molecule has 1 aromatic heterocycles. The quantitative estimate of drug-likeness (QED) is 0.623. The summed E-state index contributed by atoms with van der Waals surface area (Å²) in [5.74, 6) is -1.82. The van der Waals surface area contributed by atoms with Gasteiger partial charge in [-0.15, -0.1) is 0 Å². The van der Waals surface area contributed by atoms with Crippen molar-refractivity contribution >= 4 is 16.9 Å². The molecule has 112 valence electrons. The lowest BCUT2D eigenvalue weighted by atomic mass is 10.0. The third-order valence-corrected chi connectivity index (χ3v) is 3.09. The van der Waals surface area contributed by atoms with E-state index in [0.717, 1.165) is 6.07 Å². The Morgan fingerprint density at radius 3 is 2.57 bits per heavy atom. The Morgan fingerprint density at radius 2 is 1.95 bits per heavy atom. The fourth-order valence-electron chi connectivity index (χ4n) is 1.98. The van der Waals surface area contributed by atoms with E-state index >= 15 is 0 Å². The lowest BCUT2D eigenvalue weighted by Crippen LogP contribution is -2.19. The van der Waals surface area contributed by atoms with Gasteiger partial charge in [-0.2, -0.15) is 0 Å². The van der Waals surface area contributed by atoms with E-state index in [1.807, 2.05) is 0 Å². The smallest absolute Gasteiger partial charge is 0.371 e. The number of aliphatic hydroxyl groups excluding tert-OH is 3. The van der Waals surface area contributed by atoms with Crippen LogP contribution in [0, 0.1) is 0 Å². The van der Waals surface area contributed by atoms with Crippen LogP contribution in [-0.4, -0.2) is 39.1 Å². The highest BCUT2D eigenvalue weighted by molar-refractivity contribution is 5.87. The van der Waals surface area contributed by atoms with Crippen LogP contribution >= 0.6 is 0 Å². The first-order chi connectivity index (χ1) is 9.93. The number of benzene rings is 1. The lowest BCUT2D eigenvalue weighted by molar-refractivity contribution is 0.00428. The molecule has 0 aliphatic carbocycles. The molecule has 2 unspecified atom stereocenters. The van der Waals surface area contributed by atoms with Crippen LogP contribution in [0.1, 0.15) is 28.6 Å². The van der Waals surface area contributed by atoms with E-state index in [-0.39, 0.29) is 29.6 Å². The molecule has 2 atom stereocenters. The first-order valence-electron chi connectivity index (χ1n) is 6.22. The molecule has 0 bridgehead atoms. The Kier molecular flexibility index (Phi) is 4.37. The van der Waals surface area contributed by atoms with Crippen LogP contribution in [0.4, 0.5) is 0 Å². The zero-order valence-corrected chi connectivity index (χ0v) is 10.9. The van der Waals surface area contributed by atoms with Gasteiger partial charge in [-0.1, -0.05) is 6.07 Å². The average Bonchev–Trinajstić information content (AvgIpc) is 2.46. The summed E-state index contributed by atoms with van der Waals surface area (Å²) in [6, 6.07) is 4.96. The van der Waals surface area contributed by atoms with Crippen molar-refractivity contribution in [1.82, 2.24) is 0 Å². The van der Waals surface area contributed by atoms with Gasteiger partial charge in [0.05, 0.1) is 11.5 Å². The molecule has 2 rings (SSSR count). The van der Waals surface area contributed by atoms with Gasteiger partial charge in [0.1, 0.15) is 11.7 Å². The highest BCUT2D eigenvalue weighted by atomic mass is 16.4. The summed E-state index contributed by atoms with van der Waals surface area (Å²) in [6.45, 7) is -0.282. The third-order valence-electron chi connectivity index (χ3n) is 3.09. The van der Waals surface area contributed by atoms with Crippen LogP contribution in [0.3, 0.4) is 0 Å². The molecule has 0 saturated carbocycles. The lowest BCUT2D eigenvalue weighted by Gasteiger charge is -2.17. The highest BCUT2D eigenvalue weighted by Crippen LogP contribution is 2.22. The minimum Gasteiger partial charge on any atom is -0.475 e. The Bertz CT molecular complexity index is 719. The molecule has 0 spiro atoms. The van der Waals surface area contributed by atoms with Crippen molar-refractivity contribution in [3.05, 3.63) is 45.8 Å². The summed E-state index contributed by atoms with van der Waals surface area (Å²) >= 11 is 0.